The van der Waals surface area contributed by atoms with Crippen LogP contribution in [0.25, 0.3) is 0 Å². The summed E-state index contributed by atoms with van der Waals surface area (Å²) in [5.74, 6) is 0.773. The predicted molar refractivity (Wildman–Crippen MR) is 91.2 cm³/mol. The van der Waals surface area contributed by atoms with E-state index in [-0.39, 0.29) is 36.6 Å². The summed E-state index contributed by atoms with van der Waals surface area (Å²) in [6, 6.07) is 5.67. The van der Waals surface area contributed by atoms with Crippen molar-refractivity contribution >= 4 is 24.8 Å². The zero-order valence-corrected chi connectivity index (χ0v) is 13.9. The molecule has 1 atom stereocenters. The summed E-state index contributed by atoms with van der Waals surface area (Å²) in [5, 5.41) is 13.7. The van der Waals surface area contributed by atoms with Gasteiger partial charge in [-0.05, 0) is 13.0 Å². The van der Waals surface area contributed by atoms with Gasteiger partial charge in [-0.1, -0.05) is 18.2 Å². The number of benzene rings is 1. The highest BCUT2D eigenvalue weighted by molar-refractivity contribution is 5.85. The largest absolute Gasteiger partial charge is 0.504 e. The fourth-order valence-electron chi connectivity index (χ4n) is 2.48. The molecule has 0 spiro atoms. The lowest BCUT2D eigenvalue weighted by atomic mass is 10.0. The molecule has 0 bridgehead atoms. The van der Waals surface area contributed by atoms with E-state index in [2.05, 4.69) is 16.8 Å². The summed E-state index contributed by atoms with van der Waals surface area (Å²) in [4.78, 5) is 2.31. The lowest BCUT2D eigenvalue weighted by Crippen LogP contribution is -2.44. The number of nitrogens with one attached hydrogen (secondary N) is 1. The molecular formula is C15H24Cl2N2O2. The summed E-state index contributed by atoms with van der Waals surface area (Å²) >= 11 is 0. The molecule has 6 heteroatoms. The molecule has 2 rings (SSSR count). The molecule has 21 heavy (non-hydrogen) atoms. The van der Waals surface area contributed by atoms with Crippen LogP contribution in [0.2, 0.25) is 0 Å². The first-order valence-electron chi connectivity index (χ1n) is 6.80. The quantitative estimate of drug-likeness (QED) is 0.813. The maximum atomic E-state index is 10.3. The van der Waals surface area contributed by atoms with Crippen LogP contribution in [-0.2, 0) is 0 Å². The summed E-state index contributed by atoms with van der Waals surface area (Å²) in [6.45, 7) is 10.2. The van der Waals surface area contributed by atoms with Crippen LogP contribution in [0.15, 0.2) is 30.9 Å². The van der Waals surface area contributed by atoms with Crippen LogP contribution >= 0.6 is 24.8 Å². The minimum atomic E-state index is 0. The van der Waals surface area contributed by atoms with E-state index in [1.54, 1.807) is 6.07 Å². The number of hydrogen-bond donors (Lipinski definition) is 2. The molecule has 1 fully saturated rings. The molecule has 0 unspecified atom stereocenters. The van der Waals surface area contributed by atoms with Crippen molar-refractivity contribution < 1.29 is 9.84 Å². The first kappa shape index (κ1) is 20.1. The lowest BCUT2D eigenvalue weighted by Gasteiger charge is -2.33. The van der Waals surface area contributed by atoms with E-state index in [4.69, 9.17) is 4.74 Å². The van der Waals surface area contributed by atoms with E-state index >= 15 is 0 Å². The van der Waals surface area contributed by atoms with Crippen molar-refractivity contribution in [1.29, 1.82) is 0 Å². The summed E-state index contributed by atoms with van der Waals surface area (Å²) in [7, 11) is 0. The van der Waals surface area contributed by atoms with Crippen LogP contribution in [0.5, 0.6) is 11.5 Å². The summed E-state index contributed by atoms with van der Waals surface area (Å²) in [6.07, 6.45) is 1.89. The van der Waals surface area contributed by atoms with E-state index < -0.39 is 0 Å². The molecule has 0 saturated carbocycles. The van der Waals surface area contributed by atoms with E-state index in [1.165, 1.54) is 0 Å². The standard InChI is InChI=1S/C15H22N2O2.2ClH/c1-3-13(17-10-8-16-9-11-17)12-6-5-7-14(15(12)18)19-4-2;;/h3,5-7,13,16,18H,1,4,8-11H2,2H3;2*1H/t13-;;/m0../s1. The number of phenolic OH excluding ortho intramolecular Hbond substituents is 1. The second-order valence-corrected chi connectivity index (χ2v) is 4.59. The van der Waals surface area contributed by atoms with Gasteiger partial charge in [-0.25, -0.2) is 0 Å². The molecule has 0 aliphatic carbocycles. The molecule has 2 N–H and O–H groups in total. The van der Waals surface area contributed by atoms with Gasteiger partial charge in [-0.15, -0.1) is 31.4 Å². The fraction of sp³-hybridized carbons (Fsp3) is 0.467. The Morgan fingerprint density at radius 1 is 1.38 bits per heavy atom. The zero-order chi connectivity index (χ0) is 13.7. The second kappa shape index (κ2) is 9.90. The number of para-hydroxylation sites is 1. The molecule has 1 aliphatic heterocycles. The van der Waals surface area contributed by atoms with E-state index in [0.29, 0.717) is 12.4 Å². The van der Waals surface area contributed by atoms with Crippen molar-refractivity contribution in [2.75, 3.05) is 32.8 Å². The molecule has 1 aliphatic rings. The zero-order valence-electron chi connectivity index (χ0n) is 12.2. The van der Waals surface area contributed by atoms with Crippen LogP contribution in [0, 0.1) is 0 Å². The van der Waals surface area contributed by atoms with Crippen molar-refractivity contribution in [3.8, 4) is 11.5 Å². The monoisotopic (exact) mass is 334 g/mol. The molecule has 0 aromatic heterocycles. The van der Waals surface area contributed by atoms with Crippen molar-refractivity contribution in [3.05, 3.63) is 36.4 Å². The van der Waals surface area contributed by atoms with Gasteiger partial charge in [0.2, 0.25) is 0 Å². The number of ether oxygens (including phenoxy) is 1. The van der Waals surface area contributed by atoms with Gasteiger partial charge in [0.25, 0.3) is 0 Å². The number of phenols is 1. The number of rotatable bonds is 5. The van der Waals surface area contributed by atoms with Crippen molar-refractivity contribution in [3.63, 3.8) is 0 Å². The molecule has 1 heterocycles. The van der Waals surface area contributed by atoms with Crippen molar-refractivity contribution in [2.24, 2.45) is 0 Å². The second-order valence-electron chi connectivity index (χ2n) is 4.59. The molecule has 1 saturated heterocycles. The average Bonchev–Trinajstić information content (AvgIpc) is 2.45. The van der Waals surface area contributed by atoms with Gasteiger partial charge in [-0.2, -0.15) is 0 Å². The molecule has 0 radical (unpaired) electrons. The molecule has 0 amide bonds. The Bertz CT molecular complexity index is 438. The number of piperazine rings is 1. The summed E-state index contributed by atoms with van der Waals surface area (Å²) < 4.78 is 5.44. The molecular weight excluding hydrogens is 311 g/mol. The van der Waals surface area contributed by atoms with Gasteiger partial charge in [0.05, 0.1) is 12.6 Å². The average molecular weight is 335 g/mol. The number of hydrogen-bond acceptors (Lipinski definition) is 4. The van der Waals surface area contributed by atoms with Gasteiger partial charge in [0.1, 0.15) is 0 Å². The third kappa shape index (κ3) is 4.78. The SMILES string of the molecule is C=C[C@@H](c1cccc(OCC)c1O)N1CCNCC1.Cl.Cl. The normalized spacial score (nSPS) is 16.2. The minimum Gasteiger partial charge on any atom is -0.504 e. The lowest BCUT2D eigenvalue weighted by molar-refractivity contribution is 0.200. The third-order valence-electron chi connectivity index (χ3n) is 3.42. The van der Waals surface area contributed by atoms with Gasteiger partial charge in [0.15, 0.2) is 11.5 Å². The van der Waals surface area contributed by atoms with Crippen LogP contribution < -0.4 is 10.1 Å². The highest BCUT2D eigenvalue weighted by Crippen LogP contribution is 2.36. The molecule has 120 valence electrons. The van der Waals surface area contributed by atoms with Crippen molar-refractivity contribution in [2.45, 2.75) is 13.0 Å². The van der Waals surface area contributed by atoms with E-state index in [1.807, 2.05) is 25.1 Å². The Morgan fingerprint density at radius 3 is 2.62 bits per heavy atom. The number of aromatic hydroxyl groups is 1. The molecule has 4 nitrogen and oxygen atoms in total. The van der Waals surface area contributed by atoms with Crippen LogP contribution in [-0.4, -0.2) is 42.8 Å². The Balaban J connectivity index is 0.00000200. The first-order valence-corrected chi connectivity index (χ1v) is 6.80. The Morgan fingerprint density at radius 2 is 2.05 bits per heavy atom. The highest BCUT2D eigenvalue weighted by Gasteiger charge is 2.23. The fourth-order valence-corrected chi connectivity index (χ4v) is 2.48. The Labute approximate surface area is 139 Å². The van der Waals surface area contributed by atoms with Crippen molar-refractivity contribution in [1.82, 2.24) is 10.2 Å². The smallest absolute Gasteiger partial charge is 0.162 e. The topological polar surface area (TPSA) is 44.7 Å². The van der Waals surface area contributed by atoms with Crippen LogP contribution in [0.4, 0.5) is 0 Å². The molecule has 1 aromatic carbocycles. The van der Waals surface area contributed by atoms with Crippen LogP contribution in [0.3, 0.4) is 0 Å². The number of halogens is 2. The first-order chi connectivity index (χ1) is 9.27. The van der Waals surface area contributed by atoms with Gasteiger partial charge in [-0.3, -0.25) is 4.90 Å². The van der Waals surface area contributed by atoms with Gasteiger partial charge in [0, 0.05) is 31.7 Å². The highest BCUT2D eigenvalue weighted by atomic mass is 35.5. The minimum absolute atomic E-state index is 0. The predicted octanol–water partition coefficient (Wildman–Crippen LogP) is 2.77. The third-order valence-corrected chi connectivity index (χ3v) is 3.42. The number of nitrogens with zero attached hydrogens (tertiary/aromatic N) is 1. The Kier molecular flexibility index (Phi) is 9.46. The van der Waals surface area contributed by atoms with Gasteiger partial charge >= 0.3 is 0 Å². The summed E-state index contributed by atoms with van der Waals surface area (Å²) in [5.41, 5.74) is 0.864. The maximum absolute atomic E-state index is 10.3. The van der Waals surface area contributed by atoms with Crippen LogP contribution in [0.1, 0.15) is 18.5 Å². The molecule has 1 aromatic rings. The van der Waals surface area contributed by atoms with E-state index in [0.717, 1.165) is 31.7 Å². The Hall–Kier alpha value is -0.940. The van der Waals surface area contributed by atoms with E-state index in [9.17, 15) is 5.11 Å². The van der Waals surface area contributed by atoms with Gasteiger partial charge < -0.3 is 15.2 Å². The maximum Gasteiger partial charge on any atom is 0.162 e.